The van der Waals surface area contributed by atoms with Crippen molar-refractivity contribution in [3.05, 3.63) is 34.9 Å². The van der Waals surface area contributed by atoms with Crippen LogP contribution in [0.25, 0.3) is 0 Å². The molecule has 1 aliphatic rings. The molecule has 0 radical (unpaired) electrons. The van der Waals surface area contributed by atoms with Gasteiger partial charge in [0.2, 0.25) is 0 Å². The number of likely N-dealkylation sites (tertiary alicyclic amines) is 1. The van der Waals surface area contributed by atoms with Crippen LogP contribution in [-0.2, 0) is 6.54 Å². The molecule has 1 aromatic rings. The summed E-state index contributed by atoms with van der Waals surface area (Å²) in [6, 6.07) is 8.01. The fourth-order valence-electron chi connectivity index (χ4n) is 2.62. The predicted octanol–water partition coefficient (Wildman–Crippen LogP) is 2.13. The minimum atomic E-state index is 0.275. The third-order valence-electron chi connectivity index (χ3n) is 3.77. The number of rotatable bonds is 6. The van der Waals surface area contributed by atoms with Gasteiger partial charge in [-0.2, -0.15) is 0 Å². The van der Waals surface area contributed by atoms with Crippen LogP contribution in [0.5, 0.6) is 0 Å². The molecule has 0 aliphatic carbocycles. The van der Waals surface area contributed by atoms with Crippen LogP contribution in [0.1, 0.15) is 18.4 Å². The van der Waals surface area contributed by atoms with Crippen LogP contribution in [0.15, 0.2) is 24.3 Å². The van der Waals surface area contributed by atoms with Gasteiger partial charge in [0.15, 0.2) is 0 Å². The summed E-state index contributed by atoms with van der Waals surface area (Å²) < 4.78 is 0. The molecule has 4 heteroatoms. The molecule has 1 aromatic carbocycles. The Kier molecular flexibility index (Phi) is 6.11. The van der Waals surface area contributed by atoms with E-state index in [1.165, 1.54) is 18.4 Å². The van der Waals surface area contributed by atoms with E-state index in [9.17, 15) is 0 Å². The molecule has 0 unspecified atom stereocenters. The molecule has 1 heterocycles. The van der Waals surface area contributed by atoms with Gasteiger partial charge in [0.1, 0.15) is 0 Å². The van der Waals surface area contributed by atoms with Gasteiger partial charge in [0.05, 0.1) is 6.61 Å². The molecule has 0 spiro atoms. The summed E-state index contributed by atoms with van der Waals surface area (Å²) in [6.07, 6.45) is 2.45. The molecule has 0 atom stereocenters. The topological polar surface area (TPSA) is 35.5 Å². The predicted molar refractivity (Wildman–Crippen MR) is 79.4 cm³/mol. The van der Waals surface area contributed by atoms with Crippen LogP contribution in [0.2, 0.25) is 5.02 Å². The van der Waals surface area contributed by atoms with Crippen molar-refractivity contribution in [3.63, 3.8) is 0 Å². The smallest absolute Gasteiger partial charge is 0.0558 e. The second-order valence-corrected chi connectivity index (χ2v) is 5.71. The van der Waals surface area contributed by atoms with Gasteiger partial charge in [-0.25, -0.2) is 0 Å². The zero-order valence-electron chi connectivity index (χ0n) is 11.3. The highest BCUT2D eigenvalue weighted by Gasteiger charge is 2.18. The lowest BCUT2D eigenvalue weighted by Crippen LogP contribution is -2.38. The molecule has 1 aliphatic heterocycles. The Hall–Kier alpha value is -0.610. The summed E-state index contributed by atoms with van der Waals surface area (Å²) in [5.41, 5.74) is 1.24. The van der Waals surface area contributed by atoms with Gasteiger partial charge in [0.25, 0.3) is 0 Å². The lowest BCUT2D eigenvalue weighted by molar-refractivity contribution is 0.146. The Bertz CT molecular complexity index is 378. The Balaban J connectivity index is 1.64. The van der Waals surface area contributed by atoms with Crippen molar-refractivity contribution in [2.75, 3.05) is 32.8 Å². The highest BCUT2D eigenvalue weighted by molar-refractivity contribution is 6.30. The van der Waals surface area contributed by atoms with E-state index in [0.717, 1.165) is 43.7 Å². The fraction of sp³-hybridized carbons (Fsp3) is 0.600. The first-order valence-corrected chi connectivity index (χ1v) is 7.44. The molecular formula is C15H23ClN2O. The molecule has 1 fully saturated rings. The van der Waals surface area contributed by atoms with E-state index in [4.69, 9.17) is 16.7 Å². The average Bonchev–Trinajstić information content (AvgIpc) is 2.41. The summed E-state index contributed by atoms with van der Waals surface area (Å²) in [5, 5.41) is 13.2. The lowest BCUT2D eigenvalue weighted by atomic mass is 9.97. The largest absolute Gasteiger partial charge is 0.395 e. The number of benzene rings is 1. The van der Waals surface area contributed by atoms with Crippen molar-refractivity contribution in [3.8, 4) is 0 Å². The number of β-amino-alcohol motifs (C(OH)–C–C–N with tert-alkyl or cyclic N) is 1. The van der Waals surface area contributed by atoms with Gasteiger partial charge in [0, 0.05) is 18.1 Å². The molecule has 0 saturated carbocycles. The first kappa shape index (κ1) is 14.8. The molecule has 2 rings (SSSR count). The SMILES string of the molecule is OCCN1CCC(CNCc2cccc(Cl)c2)CC1. The maximum absolute atomic E-state index is 8.91. The van der Waals surface area contributed by atoms with Crippen molar-refractivity contribution in [1.82, 2.24) is 10.2 Å². The van der Waals surface area contributed by atoms with Crippen molar-refractivity contribution in [1.29, 1.82) is 0 Å². The third-order valence-corrected chi connectivity index (χ3v) is 4.01. The molecule has 0 aromatic heterocycles. The highest BCUT2D eigenvalue weighted by atomic mass is 35.5. The Morgan fingerprint density at radius 3 is 2.79 bits per heavy atom. The van der Waals surface area contributed by atoms with E-state index in [0.29, 0.717) is 0 Å². The molecule has 106 valence electrons. The maximum Gasteiger partial charge on any atom is 0.0558 e. The van der Waals surface area contributed by atoms with E-state index < -0.39 is 0 Å². The molecule has 1 saturated heterocycles. The summed E-state index contributed by atoms with van der Waals surface area (Å²) in [5.74, 6) is 0.758. The van der Waals surface area contributed by atoms with Crippen LogP contribution >= 0.6 is 11.6 Å². The molecule has 0 amide bonds. The standard InChI is InChI=1S/C15H23ClN2O/c16-15-3-1-2-14(10-15)12-17-11-13-4-6-18(7-5-13)8-9-19/h1-3,10,13,17,19H,4-9,11-12H2. The van der Waals surface area contributed by atoms with Crippen molar-refractivity contribution in [2.24, 2.45) is 5.92 Å². The first-order valence-electron chi connectivity index (χ1n) is 7.06. The molecule has 3 nitrogen and oxygen atoms in total. The van der Waals surface area contributed by atoms with E-state index in [-0.39, 0.29) is 6.61 Å². The summed E-state index contributed by atoms with van der Waals surface area (Å²) in [6.45, 7) is 5.28. The van der Waals surface area contributed by atoms with Gasteiger partial charge < -0.3 is 15.3 Å². The molecule has 19 heavy (non-hydrogen) atoms. The Morgan fingerprint density at radius 1 is 1.32 bits per heavy atom. The van der Waals surface area contributed by atoms with E-state index in [2.05, 4.69) is 16.3 Å². The number of aliphatic hydroxyl groups is 1. The Morgan fingerprint density at radius 2 is 2.11 bits per heavy atom. The minimum Gasteiger partial charge on any atom is -0.395 e. The Labute approximate surface area is 120 Å². The van der Waals surface area contributed by atoms with Crippen LogP contribution in [0.4, 0.5) is 0 Å². The number of halogens is 1. The first-order chi connectivity index (χ1) is 9.28. The number of nitrogens with one attached hydrogen (secondary N) is 1. The molecule has 0 bridgehead atoms. The van der Waals surface area contributed by atoms with Crippen LogP contribution in [0, 0.1) is 5.92 Å². The third kappa shape index (κ3) is 5.11. The van der Waals surface area contributed by atoms with Gasteiger partial charge in [-0.05, 0) is 56.1 Å². The number of nitrogens with zero attached hydrogens (tertiary/aromatic N) is 1. The van der Waals surface area contributed by atoms with Crippen LogP contribution < -0.4 is 5.32 Å². The molecular weight excluding hydrogens is 260 g/mol. The van der Waals surface area contributed by atoms with Gasteiger partial charge in [-0.15, -0.1) is 0 Å². The number of piperidine rings is 1. The highest BCUT2D eigenvalue weighted by Crippen LogP contribution is 2.16. The zero-order valence-corrected chi connectivity index (χ0v) is 12.1. The second kappa shape index (κ2) is 7.85. The molecule has 2 N–H and O–H groups in total. The number of aliphatic hydroxyl groups excluding tert-OH is 1. The van der Waals surface area contributed by atoms with Crippen molar-refractivity contribution < 1.29 is 5.11 Å². The number of hydrogen-bond acceptors (Lipinski definition) is 3. The minimum absolute atomic E-state index is 0.275. The van der Waals surface area contributed by atoms with Crippen molar-refractivity contribution in [2.45, 2.75) is 19.4 Å². The van der Waals surface area contributed by atoms with Gasteiger partial charge >= 0.3 is 0 Å². The lowest BCUT2D eigenvalue weighted by Gasteiger charge is -2.31. The summed E-state index contributed by atoms with van der Waals surface area (Å²) >= 11 is 5.96. The summed E-state index contributed by atoms with van der Waals surface area (Å²) in [7, 11) is 0. The monoisotopic (exact) mass is 282 g/mol. The van der Waals surface area contributed by atoms with Crippen LogP contribution in [-0.4, -0.2) is 42.8 Å². The van der Waals surface area contributed by atoms with E-state index >= 15 is 0 Å². The fourth-order valence-corrected chi connectivity index (χ4v) is 2.84. The zero-order chi connectivity index (χ0) is 13.5. The van der Waals surface area contributed by atoms with Gasteiger partial charge in [-0.3, -0.25) is 0 Å². The second-order valence-electron chi connectivity index (χ2n) is 5.27. The maximum atomic E-state index is 8.91. The van der Waals surface area contributed by atoms with E-state index in [1.54, 1.807) is 0 Å². The summed E-state index contributed by atoms with van der Waals surface area (Å²) in [4.78, 5) is 2.34. The van der Waals surface area contributed by atoms with Crippen molar-refractivity contribution >= 4 is 11.6 Å². The van der Waals surface area contributed by atoms with E-state index in [1.807, 2.05) is 18.2 Å². The van der Waals surface area contributed by atoms with Crippen LogP contribution in [0.3, 0.4) is 0 Å². The normalized spacial score (nSPS) is 17.8. The number of hydrogen-bond donors (Lipinski definition) is 2. The average molecular weight is 283 g/mol. The van der Waals surface area contributed by atoms with Gasteiger partial charge in [-0.1, -0.05) is 23.7 Å². The quantitative estimate of drug-likeness (QED) is 0.839.